The Hall–Kier alpha value is -1.39. The molecule has 0 spiro atoms. The number of hydrogen-bond acceptors (Lipinski definition) is 3. The number of nitrogens with zero attached hydrogens (tertiary/aromatic N) is 1. The molecule has 0 fully saturated rings. The minimum Gasteiger partial charge on any atom is -0.367 e. The number of fused-ring (bicyclic) bond motifs is 1. The van der Waals surface area contributed by atoms with Crippen molar-refractivity contribution in [3.63, 3.8) is 0 Å². The number of halogens is 1. The SMILES string of the molecule is Cc1sc(CN)cc1CN1CCc2ccc(F)cc21. The molecule has 2 aromatic rings. The van der Waals surface area contributed by atoms with Gasteiger partial charge < -0.3 is 10.6 Å². The highest BCUT2D eigenvalue weighted by Gasteiger charge is 2.20. The van der Waals surface area contributed by atoms with E-state index in [0.29, 0.717) is 6.54 Å². The van der Waals surface area contributed by atoms with E-state index in [2.05, 4.69) is 17.9 Å². The Labute approximate surface area is 116 Å². The Kier molecular flexibility index (Phi) is 3.29. The van der Waals surface area contributed by atoms with Crippen molar-refractivity contribution in [3.8, 4) is 0 Å². The Morgan fingerprint density at radius 3 is 2.95 bits per heavy atom. The van der Waals surface area contributed by atoms with Crippen LogP contribution in [0.1, 0.15) is 20.9 Å². The molecule has 0 amide bonds. The molecule has 4 heteroatoms. The largest absolute Gasteiger partial charge is 0.367 e. The molecule has 0 saturated carbocycles. The van der Waals surface area contributed by atoms with Crippen molar-refractivity contribution < 1.29 is 4.39 Å². The third-order valence-corrected chi connectivity index (χ3v) is 4.79. The molecular weight excluding hydrogens is 259 g/mol. The van der Waals surface area contributed by atoms with Crippen molar-refractivity contribution in [1.29, 1.82) is 0 Å². The first-order valence-electron chi connectivity index (χ1n) is 6.49. The average Bonchev–Trinajstić information content (AvgIpc) is 2.95. The number of aryl methyl sites for hydroxylation is 1. The van der Waals surface area contributed by atoms with E-state index >= 15 is 0 Å². The van der Waals surface area contributed by atoms with Crippen LogP contribution in [0.3, 0.4) is 0 Å². The molecule has 1 aliphatic rings. The van der Waals surface area contributed by atoms with Crippen LogP contribution < -0.4 is 10.6 Å². The Morgan fingerprint density at radius 1 is 1.37 bits per heavy atom. The highest BCUT2D eigenvalue weighted by Crippen LogP contribution is 2.31. The molecule has 0 radical (unpaired) electrons. The molecule has 0 aliphatic carbocycles. The van der Waals surface area contributed by atoms with E-state index < -0.39 is 0 Å². The third kappa shape index (κ3) is 2.38. The smallest absolute Gasteiger partial charge is 0.125 e. The first-order chi connectivity index (χ1) is 9.17. The van der Waals surface area contributed by atoms with E-state index in [1.54, 1.807) is 23.5 Å². The monoisotopic (exact) mass is 276 g/mol. The quantitative estimate of drug-likeness (QED) is 0.932. The van der Waals surface area contributed by atoms with Crippen LogP contribution in [0.5, 0.6) is 0 Å². The van der Waals surface area contributed by atoms with Crippen LogP contribution >= 0.6 is 11.3 Å². The van der Waals surface area contributed by atoms with Gasteiger partial charge in [-0.1, -0.05) is 6.07 Å². The molecule has 2 N–H and O–H groups in total. The maximum Gasteiger partial charge on any atom is 0.125 e. The number of nitrogens with two attached hydrogens (primary N) is 1. The van der Waals surface area contributed by atoms with Gasteiger partial charge in [0.25, 0.3) is 0 Å². The standard InChI is InChI=1S/C15H17FN2S/c1-10-12(6-14(8-17)19-10)9-18-5-4-11-2-3-13(16)7-15(11)18/h2-3,6-7H,4-5,8-9,17H2,1H3. The minimum absolute atomic E-state index is 0.157. The van der Waals surface area contributed by atoms with Crippen LogP contribution in [0, 0.1) is 12.7 Å². The molecule has 0 atom stereocenters. The second kappa shape index (κ2) is 4.94. The Balaban J connectivity index is 1.86. The first kappa shape index (κ1) is 12.6. The number of hydrogen-bond donors (Lipinski definition) is 1. The molecule has 1 aromatic carbocycles. The normalized spacial score (nSPS) is 13.9. The summed E-state index contributed by atoms with van der Waals surface area (Å²) in [6.45, 7) is 4.53. The molecule has 100 valence electrons. The minimum atomic E-state index is -0.157. The predicted octanol–water partition coefficient (Wildman–Crippen LogP) is 3.22. The van der Waals surface area contributed by atoms with E-state index in [1.165, 1.54) is 20.9 Å². The highest BCUT2D eigenvalue weighted by molar-refractivity contribution is 7.12. The molecule has 3 rings (SSSR count). The number of anilines is 1. The van der Waals surface area contributed by atoms with Crippen LogP contribution in [0.4, 0.5) is 10.1 Å². The zero-order valence-corrected chi connectivity index (χ0v) is 11.8. The van der Waals surface area contributed by atoms with Crippen molar-refractivity contribution in [2.45, 2.75) is 26.4 Å². The summed E-state index contributed by atoms with van der Waals surface area (Å²) < 4.78 is 13.4. The lowest BCUT2D eigenvalue weighted by atomic mass is 10.1. The summed E-state index contributed by atoms with van der Waals surface area (Å²) in [6.07, 6.45) is 1.00. The Morgan fingerprint density at radius 2 is 2.21 bits per heavy atom. The van der Waals surface area contributed by atoms with Gasteiger partial charge in [-0.25, -0.2) is 4.39 Å². The maximum atomic E-state index is 13.4. The summed E-state index contributed by atoms with van der Waals surface area (Å²) in [7, 11) is 0. The van der Waals surface area contributed by atoms with Gasteiger partial charge in [0.15, 0.2) is 0 Å². The fraction of sp³-hybridized carbons (Fsp3) is 0.333. The summed E-state index contributed by atoms with van der Waals surface area (Å²) in [5.41, 5.74) is 9.28. The molecule has 2 nitrogen and oxygen atoms in total. The van der Waals surface area contributed by atoms with Gasteiger partial charge in [0.2, 0.25) is 0 Å². The van der Waals surface area contributed by atoms with Crippen LogP contribution in [-0.2, 0) is 19.5 Å². The van der Waals surface area contributed by atoms with E-state index in [9.17, 15) is 4.39 Å². The van der Waals surface area contributed by atoms with Gasteiger partial charge in [0, 0.05) is 35.1 Å². The van der Waals surface area contributed by atoms with Gasteiger partial charge in [-0.2, -0.15) is 0 Å². The topological polar surface area (TPSA) is 29.3 Å². The van der Waals surface area contributed by atoms with Gasteiger partial charge in [-0.15, -0.1) is 11.3 Å². The van der Waals surface area contributed by atoms with E-state index in [-0.39, 0.29) is 5.82 Å². The second-order valence-corrected chi connectivity index (χ2v) is 6.28. The van der Waals surface area contributed by atoms with Crippen molar-refractivity contribution >= 4 is 17.0 Å². The summed E-state index contributed by atoms with van der Waals surface area (Å²) in [4.78, 5) is 4.78. The number of thiophene rings is 1. The van der Waals surface area contributed by atoms with Crippen LogP contribution in [0.15, 0.2) is 24.3 Å². The van der Waals surface area contributed by atoms with E-state index in [4.69, 9.17) is 5.73 Å². The van der Waals surface area contributed by atoms with E-state index in [0.717, 1.165) is 25.2 Å². The van der Waals surface area contributed by atoms with Crippen LogP contribution in [-0.4, -0.2) is 6.54 Å². The summed E-state index contributed by atoms with van der Waals surface area (Å²) in [6, 6.07) is 7.27. The van der Waals surface area contributed by atoms with Crippen molar-refractivity contribution in [2.24, 2.45) is 5.73 Å². The lowest BCUT2D eigenvalue weighted by molar-refractivity contribution is 0.627. The second-order valence-electron chi connectivity index (χ2n) is 4.94. The van der Waals surface area contributed by atoms with Gasteiger partial charge in [-0.3, -0.25) is 0 Å². The Bertz CT molecular complexity index is 606. The molecule has 1 aliphatic heterocycles. The summed E-state index contributed by atoms with van der Waals surface area (Å²) in [5.74, 6) is -0.157. The summed E-state index contributed by atoms with van der Waals surface area (Å²) >= 11 is 1.76. The molecule has 0 bridgehead atoms. The molecule has 0 unspecified atom stereocenters. The molecule has 19 heavy (non-hydrogen) atoms. The zero-order valence-electron chi connectivity index (χ0n) is 10.9. The maximum absolute atomic E-state index is 13.4. The number of rotatable bonds is 3. The van der Waals surface area contributed by atoms with Gasteiger partial charge in [0.05, 0.1) is 0 Å². The zero-order chi connectivity index (χ0) is 13.4. The van der Waals surface area contributed by atoms with Crippen LogP contribution in [0.2, 0.25) is 0 Å². The van der Waals surface area contributed by atoms with Crippen LogP contribution in [0.25, 0.3) is 0 Å². The summed E-state index contributed by atoms with van der Waals surface area (Å²) in [5, 5.41) is 0. The number of benzene rings is 1. The average molecular weight is 276 g/mol. The van der Waals surface area contributed by atoms with Crippen molar-refractivity contribution in [1.82, 2.24) is 0 Å². The lowest BCUT2D eigenvalue weighted by Crippen LogP contribution is -2.19. The molecular formula is C15H17FN2S. The fourth-order valence-electron chi connectivity index (χ4n) is 2.63. The van der Waals surface area contributed by atoms with E-state index in [1.807, 2.05) is 6.07 Å². The van der Waals surface area contributed by atoms with Crippen molar-refractivity contribution in [3.05, 3.63) is 51.0 Å². The molecule has 0 saturated heterocycles. The lowest BCUT2D eigenvalue weighted by Gasteiger charge is -2.19. The predicted molar refractivity (Wildman–Crippen MR) is 78.1 cm³/mol. The third-order valence-electron chi connectivity index (χ3n) is 3.67. The van der Waals surface area contributed by atoms with Gasteiger partial charge in [0.1, 0.15) is 5.82 Å². The van der Waals surface area contributed by atoms with Gasteiger partial charge in [-0.05, 0) is 42.7 Å². The van der Waals surface area contributed by atoms with Gasteiger partial charge >= 0.3 is 0 Å². The highest BCUT2D eigenvalue weighted by atomic mass is 32.1. The first-order valence-corrected chi connectivity index (χ1v) is 7.30. The van der Waals surface area contributed by atoms with Crippen molar-refractivity contribution in [2.75, 3.05) is 11.4 Å². The molecule has 1 aromatic heterocycles. The molecule has 2 heterocycles. The fourth-order valence-corrected chi connectivity index (χ4v) is 3.57.